The van der Waals surface area contributed by atoms with Gasteiger partial charge in [0, 0.05) is 22.7 Å². The van der Waals surface area contributed by atoms with Gasteiger partial charge in [0.1, 0.15) is 11.9 Å². The molecule has 182 valence electrons. The van der Waals surface area contributed by atoms with Gasteiger partial charge >= 0.3 is 6.09 Å². The summed E-state index contributed by atoms with van der Waals surface area (Å²) in [6, 6.07) is 15.5. The Labute approximate surface area is 210 Å². The van der Waals surface area contributed by atoms with E-state index < -0.39 is 24.0 Å². The third-order valence-corrected chi connectivity index (χ3v) is 6.80. The molecule has 2 saturated heterocycles. The molecule has 0 unspecified atom stereocenters. The van der Waals surface area contributed by atoms with Crippen molar-refractivity contribution in [1.29, 1.82) is 0 Å². The van der Waals surface area contributed by atoms with Crippen LogP contribution in [0.25, 0.3) is 11.3 Å². The summed E-state index contributed by atoms with van der Waals surface area (Å²) in [7, 11) is 1.27. The normalized spacial score (nSPS) is 19.6. The number of aromatic nitrogens is 2. The average molecular weight is 541 g/mol. The van der Waals surface area contributed by atoms with Crippen LogP contribution in [0.2, 0.25) is 0 Å². The number of benzene rings is 2. The second-order valence-electron chi connectivity index (χ2n) is 8.45. The minimum Gasteiger partial charge on any atom is -0.453 e. The number of alkyl carbamates (subject to hydrolysis) is 1. The van der Waals surface area contributed by atoms with Crippen LogP contribution >= 0.6 is 15.9 Å². The van der Waals surface area contributed by atoms with Crippen molar-refractivity contribution >= 4 is 27.9 Å². The van der Waals surface area contributed by atoms with Gasteiger partial charge in [-0.25, -0.2) is 9.78 Å². The number of nitrogens with zero attached hydrogens (tertiary/aromatic N) is 2. The van der Waals surface area contributed by atoms with E-state index in [1.807, 2.05) is 48.7 Å². The quantitative estimate of drug-likeness (QED) is 0.507. The summed E-state index contributed by atoms with van der Waals surface area (Å²) in [5.74, 6) is -0.585. The molecule has 1 spiro atoms. The lowest BCUT2D eigenvalue weighted by atomic mass is 10.0. The highest BCUT2D eigenvalue weighted by atomic mass is 79.9. The topological polar surface area (TPSA) is 106 Å². The van der Waals surface area contributed by atoms with E-state index in [9.17, 15) is 9.59 Å². The van der Waals surface area contributed by atoms with E-state index in [2.05, 4.69) is 26.2 Å². The molecule has 3 heterocycles. The van der Waals surface area contributed by atoms with E-state index in [0.29, 0.717) is 31.0 Å². The summed E-state index contributed by atoms with van der Waals surface area (Å²) < 4.78 is 17.7. The number of aromatic amines is 1. The number of hydrogen-bond acceptors (Lipinski definition) is 6. The van der Waals surface area contributed by atoms with Crippen molar-refractivity contribution in [2.75, 3.05) is 26.9 Å². The number of likely N-dealkylation sites (tertiary alicyclic amines) is 1. The number of carbonyl (C=O) groups is 2. The fourth-order valence-electron chi connectivity index (χ4n) is 4.57. The first kappa shape index (κ1) is 23.5. The molecule has 9 nitrogen and oxygen atoms in total. The van der Waals surface area contributed by atoms with Gasteiger partial charge in [0.05, 0.1) is 38.6 Å². The van der Waals surface area contributed by atoms with Gasteiger partial charge in [-0.2, -0.15) is 0 Å². The van der Waals surface area contributed by atoms with Crippen molar-refractivity contribution in [1.82, 2.24) is 20.2 Å². The van der Waals surface area contributed by atoms with Crippen molar-refractivity contribution in [3.8, 4) is 11.3 Å². The Hall–Kier alpha value is -3.21. The summed E-state index contributed by atoms with van der Waals surface area (Å²) in [6.07, 6.45) is 1.55. The number of nitrogens with one attached hydrogen (secondary N) is 2. The maximum atomic E-state index is 13.9. The van der Waals surface area contributed by atoms with Crippen LogP contribution in [0.15, 0.2) is 65.3 Å². The molecule has 2 N–H and O–H groups in total. The molecule has 2 aliphatic heterocycles. The molecule has 5 rings (SSSR count). The van der Waals surface area contributed by atoms with Crippen molar-refractivity contribution in [3.05, 3.63) is 76.7 Å². The van der Waals surface area contributed by atoms with Gasteiger partial charge in [-0.3, -0.25) is 4.79 Å². The molecule has 0 saturated carbocycles. The number of imidazole rings is 1. The van der Waals surface area contributed by atoms with Gasteiger partial charge in [-0.1, -0.05) is 58.4 Å². The molecule has 2 amide bonds. The van der Waals surface area contributed by atoms with Gasteiger partial charge in [0.15, 0.2) is 5.79 Å². The summed E-state index contributed by atoms with van der Waals surface area (Å²) in [5.41, 5.74) is 2.36. The summed E-state index contributed by atoms with van der Waals surface area (Å²) >= 11 is 3.45. The minimum atomic E-state index is -0.941. The maximum Gasteiger partial charge on any atom is 0.407 e. The lowest BCUT2D eigenvalue weighted by Crippen LogP contribution is -2.44. The fourth-order valence-corrected chi connectivity index (χ4v) is 4.84. The number of methoxy groups -OCH3 is 1. The number of H-pyrrole nitrogens is 1. The molecular formula is C25H25BrN4O5. The van der Waals surface area contributed by atoms with Gasteiger partial charge in [0.2, 0.25) is 0 Å². The SMILES string of the molecule is COC(=O)N[C@@H](C(=O)N1CC2(C[C@H]1c1nc(-c3ccc(Br)cc3)c[nH]1)OCCO2)c1ccccc1. The van der Waals surface area contributed by atoms with E-state index in [-0.39, 0.29) is 12.5 Å². The number of halogens is 1. The maximum absolute atomic E-state index is 13.9. The Balaban J connectivity index is 1.48. The van der Waals surface area contributed by atoms with Crippen LogP contribution in [-0.4, -0.2) is 59.5 Å². The van der Waals surface area contributed by atoms with E-state index in [4.69, 9.17) is 19.2 Å². The van der Waals surface area contributed by atoms with E-state index in [1.54, 1.807) is 17.0 Å². The first-order valence-corrected chi connectivity index (χ1v) is 12.1. The highest BCUT2D eigenvalue weighted by Crippen LogP contribution is 2.43. The molecule has 3 aromatic rings. The zero-order valence-electron chi connectivity index (χ0n) is 19.1. The molecule has 2 aliphatic rings. The molecule has 35 heavy (non-hydrogen) atoms. The first-order chi connectivity index (χ1) is 17.0. The molecule has 10 heteroatoms. The molecule has 2 fully saturated rings. The minimum absolute atomic E-state index is 0.219. The third-order valence-electron chi connectivity index (χ3n) is 6.27. The number of carbonyl (C=O) groups excluding carboxylic acids is 2. The monoisotopic (exact) mass is 540 g/mol. The summed E-state index contributed by atoms with van der Waals surface area (Å²) in [6.45, 7) is 1.14. The lowest BCUT2D eigenvalue weighted by molar-refractivity contribution is -0.153. The number of hydrogen-bond donors (Lipinski definition) is 2. The number of amides is 2. The summed E-state index contributed by atoms with van der Waals surface area (Å²) in [5, 5.41) is 2.68. The zero-order chi connectivity index (χ0) is 24.4. The lowest BCUT2D eigenvalue weighted by Gasteiger charge is -2.28. The first-order valence-electron chi connectivity index (χ1n) is 11.3. The smallest absolute Gasteiger partial charge is 0.407 e. The van der Waals surface area contributed by atoms with Crippen molar-refractivity contribution in [2.24, 2.45) is 0 Å². The van der Waals surface area contributed by atoms with Crippen LogP contribution < -0.4 is 5.32 Å². The number of ether oxygens (including phenoxy) is 3. The largest absolute Gasteiger partial charge is 0.453 e. The van der Waals surface area contributed by atoms with Crippen molar-refractivity contribution < 1.29 is 23.8 Å². The zero-order valence-corrected chi connectivity index (χ0v) is 20.7. The molecule has 0 aliphatic carbocycles. The molecule has 0 radical (unpaired) electrons. The molecular weight excluding hydrogens is 516 g/mol. The van der Waals surface area contributed by atoms with Crippen LogP contribution in [0.1, 0.15) is 29.9 Å². The van der Waals surface area contributed by atoms with Gasteiger partial charge in [0.25, 0.3) is 5.91 Å². The third kappa shape index (κ3) is 4.82. The van der Waals surface area contributed by atoms with E-state index in [0.717, 1.165) is 15.7 Å². The van der Waals surface area contributed by atoms with Crippen LogP contribution in [0.5, 0.6) is 0 Å². The van der Waals surface area contributed by atoms with E-state index in [1.165, 1.54) is 7.11 Å². The molecule has 1 aromatic heterocycles. The van der Waals surface area contributed by atoms with E-state index >= 15 is 0 Å². The Morgan fingerprint density at radius 1 is 1.17 bits per heavy atom. The summed E-state index contributed by atoms with van der Waals surface area (Å²) in [4.78, 5) is 35.8. The predicted molar refractivity (Wildman–Crippen MR) is 130 cm³/mol. The standard InChI is InChI=1S/C25H25BrN4O5/c1-33-24(32)29-21(17-5-3-2-4-6-17)23(31)30-15-25(34-11-12-35-25)13-20(30)22-27-14-19(28-22)16-7-9-18(26)10-8-16/h2-10,14,20-21H,11-13,15H2,1H3,(H,27,28)(H,29,32)/t20-,21+/m0/s1. The Morgan fingerprint density at radius 2 is 1.89 bits per heavy atom. The van der Waals surface area contributed by atoms with Gasteiger partial charge in [-0.15, -0.1) is 0 Å². The second kappa shape index (κ2) is 9.80. The van der Waals surface area contributed by atoms with Crippen LogP contribution in [-0.2, 0) is 19.0 Å². The number of rotatable bonds is 5. The van der Waals surface area contributed by atoms with Gasteiger partial charge < -0.3 is 29.4 Å². The van der Waals surface area contributed by atoms with Crippen molar-refractivity contribution in [3.63, 3.8) is 0 Å². The van der Waals surface area contributed by atoms with Crippen LogP contribution in [0.3, 0.4) is 0 Å². The van der Waals surface area contributed by atoms with Gasteiger partial charge in [-0.05, 0) is 17.7 Å². The molecule has 2 atom stereocenters. The average Bonchev–Trinajstić information content (AvgIpc) is 3.63. The van der Waals surface area contributed by atoms with Crippen LogP contribution in [0.4, 0.5) is 4.79 Å². The predicted octanol–water partition coefficient (Wildman–Crippen LogP) is 3.95. The second-order valence-corrected chi connectivity index (χ2v) is 9.37. The Morgan fingerprint density at radius 3 is 2.57 bits per heavy atom. The Kier molecular flexibility index (Phi) is 6.59. The Bertz CT molecular complexity index is 1190. The fraction of sp³-hybridized carbons (Fsp3) is 0.320. The molecule has 2 aromatic carbocycles. The van der Waals surface area contributed by atoms with Crippen molar-refractivity contribution in [2.45, 2.75) is 24.3 Å². The molecule has 0 bridgehead atoms. The highest BCUT2D eigenvalue weighted by Gasteiger charge is 2.52. The highest BCUT2D eigenvalue weighted by molar-refractivity contribution is 9.10. The van der Waals surface area contributed by atoms with Crippen LogP contribution in [0, 0.1) is 0 Å².